The Kier molecular flexibility index (Phi) is 6.15. The summed E-state index contributed by atoms with van der Waals surface area (Å²) in [7, 11) is 0. The third-order valence-corrected chi connectivity index (χ3v) is 5.40. The molecule has 1 aliphatic carbocycles. The summed E-state index contributed by atoms with van der Waals surface area (Å²) < 4.78 is 5.48. The lowest BCUT2D eigenvalue weighted by Crippen LogP contribution is -2.28. The second-order valence-corrected chi connectivity index (χ2v) is 7.22. The van der Waals surface area contributed by atoms with Crippen molar-refractivity contribution in [3.05, 3.63) is 47.2 Å². The highest BCUT2D eigenvalue weighted by Gasteiger charge is 2.30. The molecule has 1 aliphatic rings. The molecular formula is C23H30N2O2. The van der Waals surface area contributed by atoms with Gasteiger partial charge in [0.25, 0.3) is 0 Å². The van der Waals surface area contributed by atoms with Crippen molar-refractivity contribution >= 4 is 11.8 Å². The zero-order valence-electron chi connectivity index (χ0n) is 16.9. The molecule has 1 unspecified atom stereocenters. The molecule has 3 rings (SSSR count). The molecule has 1 heterocycles. The van der Waals surface area contributed by atoms with Crippen molar-refractivity contribution in [2.24, 2.45) is 5.92 Å². The highest BCUT2D eigenvalue weighted by molar-refractivity contribution is 6.03. The smallest absolute Gasteiger partial charge is 0.342 e. The van der Waals surface area contributed by atoms with Gasteiger partial charge in [0.05, 0.1) is 6.61 Å². The van der Waals surface area contributed by atoms with Gasteiger partial charge in [-0.15, -0.1) is 0 Å². The molecule has 4 nitrogen and oxygen atoms in total. The number of nitrogens with zero attached hydrogens (tertiary/aromatic N) is 2. The number of aromatic nitrogens is 1. The van der Waals surface area contributed by atoms with E-state index in [-0.39, 0.29) is 5.97 Å². The van der Waals surface area contributed by atoms with Gasteiger partial charge in [0.2, 0.25) is 0 Å². The summed E-state index contributed by atoms with van der Waals surface area (Å²) in [6.45, 7) is 10.3. The summed E-state index contributed by atoms with van der Waals surface area (Å²) in [6.07, 6.45) is 3.07. The quantitative estimate of drug-likeness (QED) is 0.682. The fourth-order valence-electron chi connectivity index (χ4n) is 3.99. The maximum atomic E-state index is 13.1. The van der Waals surface area contributed by atoms with Crippen LogP contribution in [0.2, 0.25) is 0 Å². The third-order valence-electron chi connectivity index (χ3n) is 5.40. The van der Waals surface area contributed by atoms with E-state index in [1.165, 1.54) is 5.56 Å². The molecule has 0 bridgehead atoms. The van der Waals surface area contributed by atoms with Crippen molar-refractivity contribution < 1.29 is 9.53 Å². The van der Waals surface area contributed by atoms with Crippen LogP contribution in [-0.2, 0) is 17.6 Å². The second kappa shape index (κ2) is 8.55. The van der Waals surface area contributed by atoms with Crippen LogP contribution in [0, 0.1) is 5.92 Å². The van der Waals surface area contributed by atoms with Crippen LogP contribution in [0.15, 0.2) is 30.3 Å². The van der Waals surface area contributed by atoms with Crippen LogP contribution in [0.4, 0.5) is 5.82 Å². The Morgan fingerprint density at radius 1 is 1.19 bits per heavy atom. The highest BCUT2D eigenvalue weighted by Crippen LogP contribution is 2.39. The number of carbonyl (C=O) groups excluding carboxylic acids is 1. The summed E-state index contributed by atoms with van der Waals surface area (Å²) >= 11 is 0. The van der Waals surface area contributed by atoms with E-state index in [1.54, 1.807) is 0 Å². The van der Waals surface area contributed by atoms with E-state index in [0.717, 1.165) is 55.0 Å². The van der Waals surface area contributed by atoms with E-state index >= 15 is 0 Å². The molecule has 1 atom stereocenters. The number of hydrogen-bond donors (Lipinski definition) is 0. The predicted molar refractivity (Wildman–Crippen MR) is 110 cm³/mol. The Labute approximate surface area is 162 Å². The number of rotatable bonds is 6. The molecule has 0 amide bonds. The van der Waals surface area contributed by atoms with E-state index in [9.17, 15) is 4.79 Å². The average molecular weight is 367 g/mol. The fourth-order valence-corrected chi connectivity index (χ4v) is 3.99. The monoisotopic (exact) mass is 366 g/mol. The van der Waals surface area contributed by atoms with Gasteiger partial charge in [0, 0.05) is 24.3 Å². The Morgan fingerprint density at radius 3 is 2.52 bits per heavy atom. The molecule has 0 saturated carbocycles. The molecule has 0 aliphatic heterocycles. The van der Waals surface area contributed by atoms with Crippen molar-refractivity contribution in [2.45, 2.75) is 47.0 Å². The first-order chi connectivity index (χ1) is 13.1. The van der Waals surface area contributed by atoms with Gasteiger partial charge >= 0.3 is 5.97 Å². The zero-order chi connectivity index (χ0) is 19.4. The summed E-state index contributed by atoms with van der Waals surface area (Å²) in [4.78, 5) is 20.2. The lowest BCUT2D eigenvalue weighted by atomic mass is 9.82. The molecular weight excluding hydrogens is 336 g/mol. The van der Waals surface area contributed by atoms with Gasteiger partial charge in [-0.1, -0.05) is 37.3 Å². The van der Waals surface area contributed by atoms with Crippen molar-refractivity contribution in [2.75, 3.05) is 24.6 Å². The Bertz CT molecular complexity index is 798. The van der Waals surface area contributed by atoms with Crippen LogP contribution < -0.4 is 4.90 Å². The van der Waals surface area contributed by atoms with Crippen molar-refractivity contribution in [3.63, 3.8) is 0 Å². The number of ether oxygens (including phenoxy) is 1. The predicted octanol–water partition coefficient (Wildman–Crippen LogP) is 4.90. The van der Waals surface area contributed by atoms with Crippen molar-refractivity contribution in [3.8, 4) is 11.1 Å². The maximum Gasteiger partial charge on any atom is 0.342 e. The zero-order valence-corrected chi connectivity index (χ0v) is 16.9. The van der Waals surface area contributed by atoms with Gasteiger partial charge in [-0.25, -0.2) is 9.78 Å². The molecule has 0 saturated heterocycles. The second-order valence-electron chi connectivity index (χ2n) is 7.22. The van der Waals surface area contributed by atoms with Gasteiger partial charge < -0.3 is 9.64 Å². The van der Waals surface area contributed by atoms with E-state index in [0.29, 0.717) is 18.1 Å². The SMILES string of the molecule is CCOC(=O)c1c(N(CC)CC)nc2c(c1-c1ccccc1)CC(C)CC2. The first kappa shape index (κ1) is 19.4. The van der Waals surface area contributed by atoms with Gasteiger partial charge in [-0.3, -0.25) is 0 Å². The van der Waals surface area contributed by atoms with E-state index in [1.807, 2.05) is 25.1 Å². The van der Waals surface area contributed by atoms with Gasteiger partial charge in [-0.2, -0.15) is 0 Å². The molecule has 0 N–H and O–H groups in total. The standard InChI is InChI=1S/C23H30N2O2/c1-5-25(6-2)22-21(23(26)27-7-3)20(17-11-9-8-10-12-17)18-15-16(4)13-14-19(18)24-22/h8-12,16H,5-7,13-15H2,1-4H3. The molecule has 1 aromatic heterocycles. The summed E-state index contributed by atoms with van der Waals surface area (Å²) in [5.41, 5.74) is 5.08. The fraction of sp³-hybridized carbons (Fsp3) is 0.478. The number of carbonyl (C=O) groups is 1. The first-order valence-electron chi connectivity index (χ1n) is 10.1. The van der Waals surface area contributed by atoms with Crippen LogP contribution >= 0.6 is 0 Å². The average Bonchev–Trinajstić information content (AvgIpc) is 2.69. The maximum absolute atomic E-state index is 13.1. The third kappa shape index (κ3) is 3.85. The topological polar surface area (TPSA) is 42.4 Å². The molecule has 0 spiro atoms. The first-order valence-corrected chi connectivity index (χ1v) is 10.1. The van der Waals surface area contributed by atoms with E-state index in [2.05, 4.69) is 37.8 Å². The lowest BCUT2D eigenvalue weighted by molar-refractivity contribution is 0.0527. The Hall–Kier alpha value is -2.36. The van der Waals surface area contributed by atoms with Gasteiger partial charge in [-0.05, 0) is 57.1 Å². The number of pyridine rings is 1. The Balaban J connectivity index is 2.34. The molecule has 2 aromatic rings. The van der Waals surface area contributed by atoms with Gasteiger partial charge in [0.1, 0.15) is 11.4 Å². The van der Waals surface area contributed by atoms with E-state index < -0.39 is 0 Å². The summed E-state index contributed by atoms with van der Waals surface area (Å²) in [5, 5.41) is 0. The normalized spacial score (nSPS) is 15.9. The van der Waals surface area contributed by atoms with Crippen LogP contribution in [0.25, 0.3) is 11.1 Å². The summed E-state index contributed by atoms with van der Waals surface area (Å²) in [5.74, 6) is 1.09. The molecule has 144 valence electrons. The minimum atomic E-state index is -0.272. The Morgan fingerprint density at radius 2 is 1.89 bits per heavy atom. The van der Waals surface area contributed by atoms with Crippen LogP contribution in [0.5, 0.6) is 0 Å². The van der Waals surface area contributed by atoms with Crippen LogP contribution in [0.3, 0.4) is 0 Å². The number of hydrogen-bond acceptors (Lipinski definition) is 4. The minimum Gasteiger partial charge on any atom is -0.462 e. The largest absolute Gasteiger partial charge is 0.462 e. The number of anilines is 1. The molecule has 27 heavy (non-hydrogen) atoms. The number of aryl methyl sites for hydroxylation is 1. The van der Waals surface area contributed by atoms with Crippen molar-refractivity contribution in [1.82, 2.24) is 4.98 Å². The summed E-state index contributed by atoms with van der Waals surface area (Å²) in [6, 6.07) is 10.2. The molecule has 0 fully saturated rings. The number of esters is 1. The van der Waals surface area contributed by atoms with Crippen LogP contribution in [-0.4, -0.2) is 30.6 Å². The van der Waals surface area contributed by atoms with Crippen molar-refractivity contribution in [1.29, 1.82) is 0 Å². The molecule has 4 heteroatoms. The minimum absolute atomic E-state index is 0.272. The molecule has 1 aromatic carbocycles. The number of fused-ring (bicyclic) bond motifs is 1. The number of benzene rings is 1. The van der Waals surface area contributed by atoms with Crippen LogP contribution in [0.1, 0.15) is 55.7 Å². The van der Waals surface area contributed by atoms with E-state index in [4.69, 9.17) is 9.72 Å². The highest BCUT2D eigenvalue weighted by atomic mass is 16.5. The molecule has 0 radical (unpaired) electrons. The lowest BCUT2D eigenvalue weighted by Gasteiger charge is -2.30. The van der Waals surface area contributed by atoms with Gasteiger partial charge in [0.15, 0.2) is 0 Å².